The van der Waals surface area contributed by atoms with Crippen molar-refractivity contribution in [1.29, 1.82) is 0 Å². The van der Waals surface area contributed by atoms with Crippen molar-refractivity contribution in [3.63, 3.8) is 0 Å². The van der Waals surface area contributed by atoms with E-state index in [0.717, 1.165) is 73.0 Å². The lowest BCUT2D eigenvalue weighted by Gasteiger charge is -2.16. The second-order valence-electron chi connectivity index (χ2n) is 17.2. The van der Waals surface area contributed by atoms with Crippen molar-refractivity contribution in [3.05, 3.63) is 126 Å². The molecule has 0 spiro atoms. The molecule has 60 heavy (non-hydrogen) atoms. The van der Waals surface area contributed by atoms with Crippen LogP contribution in [0.15, 0.2) is 104 Å². The lowest BCUT2D eigenvalue weighted by molar-refractivity contribution is -0.122. The maximum absolute atomic E-state index is 12.3. The summed E-state index contributed by atoms with van der Waals surface area (Å²) in [5.74, 6) is 0.874. The number of pyridine rings is 2. The fourth-order valence-corrected chi connectivity index (χ4v) is 8.21. The second-order valence-corrected chi connectivity index (χ2v) is 17.2. The summed E-state index contributed by atoms with van der Waals surface area (Å²) in [5.41, 5.74) is 23.4. The van der Waals surface area contributed by atoms with Crippen LogP contribution in [0.2, 0.25) is 0 Å². The molecule has 0 saturated heterocycles. The van der Waals surface area contributed by atoms with Gasteiger partial charge in [0.05, 0.1) is 33.3 Å². The van der Waals surface area contributed by atoms with Gasteiger partial charge < -0.3 is 26.2 Å². The lowest BCUT2D eigenvalue weighted by atomic mass is 9.85. The average Bonchev–Trinajstić information content (AvgIpc) is 3.61. The molecule has 3 amide bonds. The number of nitrogen functional groups attached to an aromatic ring is 2. The Balaban J connectivity index is 0.000000136. The molecule has 3 aromatic carbocycles. The predicted octanol–water partition coefficient (Wildman–Crippen LogP) is 7.88. The number of aryl methyl sites for hydroxylation is 1. The average molecular weight is 802 g/mol. The Bertz CT molecular complexity index is 2550. The van der Waals surface area contributed by atoms with Gasteiger partial charge in [0.1, 0.15) is 5.82 Å². The van der Waals surface area contributed by atoms with E-state index < -0.39 is 16.2 Å². The summed E-state index contributed by atoms with van der Waals surface area (Å²) in [6, 6.07) is 27.7. The molecule has 0 aliphatic carbocycles. The van der Waals surface area contributed by atoms with Gasteiger partial charge in [-0.05, 0) is 125 Å². The monoisotopic (exact) mass is 801 g/mol. The van der Waals surface area contributed by atoms with E-state index in [9.17, 15) is 14.4 Å². The van der Waals surface area contributed by atoms with Crippen LogP contribution in [0.4, 0.5) is 28.6 Å². The molecule has 6 heterocycles. The fourth-order valence-electron chi connectivity index (χ4n) is 8.21. The normalized spacial score (nSPS) is 16.4. The zero-order valence-electron chi connectivity index (χ0n) is 35.8. The molecule has 0 unspecified atom stereocenters. The molecular formula is C48H51N9O3. The van der Waals surface area contributed by atoms with E-state index in [1.807, 2.05) is 148 Å². The summed E-state index contributed by atoms with van der Waals surface area (Å²) in [7, 11) is 5.46. The van der Waals surface area contributed by atoms with Crippen LogP contribution >= 0.6 is 0 Å². The summed E-state index contributed by atoms with van der Waals surface area (Å²) in [4.78, 5) is 50.2. The van der Waals surface area contributed by atoms with Crippen molar-refractivity contribution >= 4 is 46.3 Å². The van der Waals surface area contributed by atoms with E-state index in [2.05, 4.69) is 20.2 Å². The van der Waals surface area contributed by atoms with E-state index in [1.165, 1.54) is 0 Å². The number of carbonyl (C=O) groups is 3. The standard InChI is InChI=1S/3C16H17N3O/c1-10-5-8-13(18-17-10)11-6-7-12-14(9-11)19(4)15(20)16(12,2)3;1-16(2)12-6-4-10(8-13(12)19(3)15(16)20)11-5-7-14(17)18-9-11;1-16(2)13-5-4-10(7-14(13)19(3)15(16)20)11-6-12(17)9-18-8-11/h5-9H,1-4H3;4-9H,1-3H3,(H2,17,18);4-9H,17H2,1-3H3. The maximum atomic E-state index is 12.3. The first kappa shape index (κ1) is 41.2. The van der Waals surface area contributed by atoms with Gasteiger partial charge in [0.25, 0.3) is 0 Å². The number of hydrogen-bond donors (Lipinski definition) is 2. The Kier molecular flexibility index (Phi) is 10.3. The molecule has 9 rings (SSSR count). The van der Waals surface area contributed by atoms with Crippen LogP contribution < -0.4 is 26.2 Å². The smallest absolute Gasteiger partial charge is 0.236 e. The van der Waals surface area contributed by atoms with Crippen molar-refractivity contribution in [2.75, 3.05) is 47.3 Å². The van der Waals surface area contributed by atoms with Gasteiger partial charge in [-0.15, -0.1) is 0 Å². The predicted molar refractivity (Wildman–Crippen MR) is 240 cm³/mol. The SMILES string of the molecule is CN1C(=O)C(C)(C)c2ccc(-c3ccc(N)nc3)cc21.CN1C(=O)C(C)(C)c2ccc(-c3cncc(N)c3)cc21.Cc1ccc(-c2ccc3c(c2)N(C)C(=O)C3(C)C)nn1. The summed E-state index contributed by atoms with van der Waals surface area (Å²) < 4.78 is 0. The van der Waals surface area contributed by atoms with Crippen LogP contribution in [0.1, 0.15) is 63.9 Å². The number of fused-ring (bicyclic) bond motifs is 3. The lowest BCUT2D eigenvalue weighted by Crippen LogP contribution is -2.33. The molecule has 0 saturated carbocycles. The Morgan fingerprint density at radius 2 is 0.933 bits per heavy atom. The topological polar surface area (TPSA) is 165 Å². The van der Waals surface area contributed by atoms with Crippen LogP contribution in [0, 0.1) is 6.92 Å². The van der Waals surface area contributed by atoms with Crippen LogP contribution in [0.25, 0.3) is 33.5 Å². The Hall–Kier alpha value is -6.95. The number of nitrogens with zero attached hydrogens (tertiary/aromatic N) is 7. The minimum Gasteiger partial charge on any atom is -0.397 e. The molecule has 3 aliphatic rings. The van der Waals surface area contributed by atoms with E-state index >= 15 is 0 Å². The number of hydrogen-bond acceptors (Lipinski definition) is 9. The molecule has 0 bridgehead atoms. The third-order valence-electron chi connectivity index (χ3n) is 11.9. The highest BCUT2D eigenvalue weighted by molar-refractivity contribution is 6.09. The van der Waals surface area contributed by atoms with Gasteiger partial charge in [-0.3, -0.25) is 19.4 Å². The van der Waals surface area contributed by atoms with Crippen molar-refractivity contribution in [2.24, 2.45) is 0 Å². The first-order valence-corrected chi connectivity index (χ1v) is 19.7. The molecule has 3 aliphatic heterocycles. The summed E-state index contributed by atoms with van der Waals surface area (Å²) >= 11 is 0. The minimum absolute atomic E-state index is 0.121. The van der Waals surface area contributed by atoms with Gasteiger partial charge in [-0.2, -0.15) is 10.2 Å². The molecule has 0 radical (unpaired) electrons. The van der Waals surface area contributed by atoms with Crippen molar-refractivity contribution in [1.82, 2.24) is 20.2 Å². The minimum atomic E-state index is -0.462. The molecule has 6 aromatic rings. The molecular weight excluding hydrogens is 751 g/mol. The largest absolute Gasteiger partial charge is 0.397 e. The maximum Gasteiger partial charge on any atom is 0.236 e. The molecule has 306 valence electrons. The molecule has 4 N–H and O–H groups in total. The molecule has 12 nitrogen and oxygen atoms in total. The van der Waals surface area contributed by atoms with Gasteiger partial charge in [0, 0.05) is 73.5 Å². The van der Waals surface area contributed by atoms with Crippen molar-refractivity contribution in [3.8, 4) is 33.5 Å². The van der Waals surface area contributed by atoms with Gasteiger partial charge in [0.2, 0.25) is 17.7 Å². The zero-order chi connectivity index (χ0) is 43.5. The fraction of sp³-hybridized carbons (Fsp3) is 0.271. The highest BCUT2D eigenvalue weighted by Gasteiger charge is 2.44. The van der Waals surface area contributed by atoms with E-state index in [4.69, 9.17) is 11.5 Å². The zero-order valence-corrected chi connectivity index (χ0v) is 35.8. The Morgan fingerprint density at radius 3 is 1.37 bits per heavy atom. The number of likely N-dealkylation sites (N-methyl/N-ethyl adjacent to an activating group) is 3. The van der Waals surface area contributed by atoms with E-state index in [1.54, 1.807) is 39.4 Å². The van der Waals surface area contributed by atoms with Crippen molar-refractivity contribution in [2.45, 2.75) is 64.7 Å². The van der Waals surface area contributed by atoms with E-state index in [0.29, 0.717) is 11.5 Å². The van der Waals surface area contributed by atoms with Gasteiger partial charge >= 0.3 is 0 Å². The first-order valence-electron chi connectivity index (χ1n) is 19.7. The van der Waals surface area contributed by atoms with Crippen LogP contribution in [-0.4, -0.2) is 59.0 Å². The number of rotatable bonds is 3. The van der Waals surface area contributed by atoms with Crippen LogP contribution in [-0.2, 0) is 30.6 Å². The van der Waals surface area contributed by atoms with Crippen LogP contribution in [0.3, 0.4) is 0 Å². The van der Waals surface area contributed by atoms with Crippen LogP contribution in [0.5, 0.6) is 0 Å². The Morgan fingerprint density at radius 1 is 0.483 bits per heavy atom. The number of nitrogens with two attached hydrogens (primary N) is 2. The number of aromatic nitrogens is 4. The van der Waals surface area contributed by atoms with E-state index in [-0.39, 0.29) is 17.7 Å². The summed E-state index contributed by atoms with van der Waals surface area (Å²) in [5, 5.41) is 8.28. The number of benzene rings is 3. The molecule has 12 heteroatoms. The van der Waals surface area contributed by atoms with Crippen molar-refractivity contribution < 1.29 is 14.4 Å². The molecule has 0 fully saturated rings. The third-order valence-corrected chi connectivity index (χ3v) is 11.9. The highest BCUT2D eigenvalue weighted by atomic mass is 16.2. The van der Waals surface area contributed by atoms with Gasteiger partial charge in [0.15, 0.2) is 0 Å². The second kappa shape index (κ2) is 15.0. The summed E-state index contributed by atoms with van der Waals surface area (Å²) in [6.07, 6.45) is 5.15. The first-order chi connectivity index (χ1) is 28.2. The number of amides is 3. The number of anilines is 5. The highest BCUT2D eigenvalue weighted by Crippen LogP contribution is 2.45. The number of carbonyl (C=O) groups excluding carboxylic acids is 3. The van der Waals surface area contributed by atoms with Gasteiger partial charge in [-0.1, -0.05) is 36.4 Å². The Labute approximate surface area is 351 Å². The van der Waals surface area contributed by atoms with Gasteiger partial charge in [-0.25, -0.2) is 4.98 Å². The third kappa shape index (κ3) is 7.12. The molecule has 3 aromatic heterocycles. The molecule has 0 atom stereocenters. The quantitative estimate of drug-likeness (QED) is 0.181. The summed E-state index contributed by atoms with van der Waals surface area (Å²) in [6.45, 7) is 13.7.